The molecular formula is C11H24N4O2. The Bertz CT molecular complexity index is 256. The molecule has 0 rings (SSSR count). The van der Waals surface area contributed by atoms with Crippen LogP contribution in [0.15, 0.2) is 0 Å². The normalized spacial score (nSPS) is 12.4. The molecule has 0 aliphatic rings. The summed E-state index contributed by atoms with van der Waals surface area (Å²) in [7, 11) is 3.40. The molecule has 100 valence electrons. The van der Waals surface area contributed by atoms with Gasteiger partial charge in [-0.15, -0.1) is 0 Å². The second kappa shape index (κ2) is 8.03. The molecule has 0 bridgehead atoms. The fourth-order valence-corrected chi connectivity index (χ4v) is 1.61. The number of nitrogens with zero attached hydrogens (tertiary/aromatic N) is 2. The summed E-state index contributed by atoms with van der Waals surface area (Å²) in [5.74, 6) is 4.91. The number of carbonyl (C=O) groups is 2. The van der Waals surface area contributed by atoms with E-state index in [9.17, 15) is 9.59 Å². The third-order valence-electron chi connectivity index (χ3n) is 2.69. The summed E-state index contributed by atoms with van der Waals surface area (Å²) in [6.45, 7) is 4.80. The standard InChI is InChI=1S/C11H24N4O2/c1-5-7-9(11(17)13-12)15(6-2)8-10(16)14(3)4/h9H,5-8,12H2,1-4H3,(H,13,17). The lowest BCUT2D eigenvalue weighted by atomic mass is 10.1. The Balaban J connectivity index is 4.66. The lowest BCUT2D eigenvalue weighted by Gasteiger charge is -2.29. The molecule has 0 fully saturated rings. The summed E-state index contributed by atoms with van der Waals surface area (Å²) in [4.78, 5) is 26.7. The Hall–Kier alpha value is -1.14. The maximum Gasteiger partial charge on any atom is 0.251 e. The molecular weight excluding hydrogens is 220 g/mol. The molecule has 0 saturated heterocycles. The number of hydrogen-bond donors (Lipinski definition) is 2. The summed E-state index contributed by atoms with van der Waals surface area (Å²) in [5, 5.41) is 0. The van der Waals surface area contributed by atoms with E-state index in [4.69, 9.17) is 5.84 Å². The number of hydrogen-bond acceptors (Lipinski definition) is 4. The van der Waals surface area contributed by atoms with Crippen LogP contribution in [0, 0.1) is 0 Å². The Labute approximate surface area is 103 Å². The summed E-state index contributed by atoms with van der Waals surface area (Å²) in [6.07, 6.45) is 1.56. The number of carbonyl (C=O) groups excluding carboxylic acids is 2. The molecule has 0 aromatic carbocycles. The van der Waals surface area contributed by atoms with Gasteiger partial charge in [-0.2, -0.15) is 0 Å². The summed E-state index contributed by atoms with van der Waals surface area (Å²) >= 11 is 0. The van der Waals surface area contributed by atoms with Gasteiger partial charge in [-0.3, -0.25) is 19.9 Å². The van der Waals surface area contributed by atoms with Crippen molar-refractivity contribution in [2.45, 2.75) is 32.7 Å². The minimum atomic E-state index is -0.334. The maximum absolute atomic E-state index is 11.7. The molecule has 2 amide bonds. The first-order valence-corrected chi connectivity index (χ1v) is 5.92. The largest absolute Gasteiger partial charge is 0.348 e. The molecule has 3 N–H and O–H groups in total. The third-order valence-corrected chi connectivity index (χ3v) is 2.69. The van der Waals surface area contributed by atoms with Crippen LogP contribution in [-0.2, 0) is 9.59 Å². The monoisotopic (exact) mass is 244 g/mol. The number of rotatable bonds is 7. The number of hydrazine groups is 1. The zero-order chi connectivity index (χ0) is 13.4. The topological polar surface area (TPSA) is 78.7 Å². The Kier molecular flexibility index (Phi) is 7.49. The first-order chi connectivity index (χ1) is 7.97. The summed E-state index contributed by atoms with van der Waals surface area (Å²) in [6, 6.07) is -0.334. The molecule has 6 nitrogen and oxygen atoms in total. The molecule has 6 heteroatoms. The quantitative estimate of drug-likeness (QED) is 0.361. The van der Waals surface area contributed by atoms with Gasteiger partial charge >= 0.3 is 0 Å². The van der Waals surface area contributed by atoms with Crippen LogP contribution < -0.4 is 11.3 Å². The highest BCUT2D eigenvalue weighted by molar-refractivity contribution is 5.83. The highest BCUT2D eigenvalue weighted by Crippen LogP contribution is 2.07. The molecule has 0 spiro atoms. The zero-order valence-corrected chi connectivity index (χ0v) is 11.2. The van der Waals surface area contributed by atoms with Crippen LogP contribution in [0.3, 0.4) is 0 Å². The maximum atomic E-state index is 11.7. The van der Waals surface area contributed by atoms with Crippen molar-refractivity contribution in [3.8, 4) is 0 Å². The van der Waals surface area contributed by atoms with Crippen molar-refractivity contribution in [1.82, 2.24) is 15.2 Å². The fourth-order valence-electron chi connectivity index (χ4n) is 1.61. The van der Waals surface area contributed by atoms with Crippen molar-refractivity contribution < 1.29 is 9.59 Å². The number of nitrogens with one attached hydrogen (secondary N) is 1. The van der Waals surface area contributed by atoms with Gasteiger partial charge in [0.05, 0.1) is 12.6 Å². The molecule has 0 radical (unpaired) electrons. The van der Waals surface area contributed by atoms with E-state index in [1.54, 1.807) is 14.1 Å². The Morgan fingerprint density at radius 1 is 1.29 bits per heavy atom. The Morgan fingerprint density at radius 2 is 1.88 bits per heavy atom. The average molecular weight is 244 g/mol. The predicted octanol–water partition coefficient (Wildman–Crippen LogP) is -0.445. The van der Waals surface area contributed by atoms with Gasteiger partial charge in [0.1, 0.15) is 0 Å². The molecule has 1 unspecified atom stereocenters. The van der Waals surface area contributed by atoms with Crippen LogP contribution in [-0.4, -0.2) is 54.8 Å². The van der Waals surface area contributed by atoms with Crippen molar-refractivity contribution in [2.75, 3.05) is 27.2 Å². The molecule has 1 atom stereocenters. The van der Waals surface area contributed by atoms with E-state index >= 15 is 0 Å². The minimum absolute atomic E-state index is 0.0159. The third kappa shape index (κ3) is 5.14. The fraction of sp³-hybridized carbons (Fsp3) is 0.818. The highest BCUT2D eigenvalue weighted by atomic mass is 16.2. The van der Waals surface area contributed by atoms with Gasteiger partial charge < -0.3 is 4.90 Å². The van der Waals surface area contributed by atoms with Crippen LogP contribution in [0.25, 0.3) is 0 Å². The van der Waals surface area contributed by atoms with E-state index in [0.29, 0.717) is 13.0 Å². The number of amides is 2. The SMILES string of the molecule is CCCC(C(=O)NN)N(CC)CC(=O)N(C)C. The van der Waals surface area contributed by atoms with Crippen LogP contribution >= 0.6 is 0 Å². The predicted molar refractivity (Wildman–Crippen MR) is 67.0 cm³/mol. The van der Waals surface area contributed by atoms with Gasteiger partial charge in [0, 0.05) is 14.1 Å². The second-order valence-corrected chi connectivity index (χ2v) is 4.16. The van der Waals surface area contributed by atoms with Gasteiger partial charge in [0.25, 0.3) is 5.91 Å². The van der Waals surface area contributed by atoms with Gasteiger partial charge in [0.15, 0.2) is 0 Å². The van der Waals surface area contributed by atoms with Crippen LogP contribution in [0.2, 0.25) is 0 Å². The van der Waals surface area contributed by atoms with Gasteiger partial charge in [0.2, 0.25) is 5.91 Å². The molecule has 0 aliphatic carbocycles. The second-order valence-electron chi connectivity index (χ2n) is 4.16. The van der Waals surface area contributed by atoms with Gasteiger partial charge in [-0.25, -0.2) is 5.84 Å². The van der Waals surface area contributed by atoms with Crippen molar-refractivity contribution in [2.24, 2.45) is 5.84 Å². The molecule has 17 heavy (non-hydrogen) atoms. The highest BCUT2D eigenvalue weighted by Gasteiger charge is 2.25. The van der Waals surface area contributed by atoms with Crippen LogP contribution in [0.5, 0.6) is 0 Å². The molecule has 0 saturated carbocycles. The van der Waals surface area contributed by atoms with E-state index < -0.39 is 0 Å². The lowest BCUT2D eigenvalue weighted by Crippen LogP contribution is -2.51. The average Bonchev–Trinajstić information content (AvgIpc) is 2.32. The van der Waals surface area contributed by atoms with Crippen molar-refractivity contribution in [1.29, 1.82) is 0 Å². The first kappa shape index (κ1) is 15.9. The van der Waals surface area contributed by atoms with E-state index in [0.717, 1.165) is 6.42 Å². The van der Waals surface area contributed by atoms with Gasteiger partial charge in [-0.1, -0.05) is 20.3 Å². The molecule has 0 aromatic heterocycles. The first-order valence-electron chi connectivity index (χ1n) is 5.92. The molecule has 0 aliphatic heterocycles. The summed E-state index contributed by atoms with van der Waals surface area (Å²) in [5.41, 5.74) is 2.16. The van der Waals surface area contributed by atoms with E-state index in [2.05, 4.69) is 5.43 Å². The number of likely N-dealkylation sites (N-methyl/N-ethyl adjacent to an activating group) is 2. The number of nitrogens with two attached hydrogens (primary N) is 1. The smallest absolute Gasteiger partial charge is 0.251 e. The molecule has 0 heterocycles. The Morgan fingerprint density at radius 3 is 2.24 bits per heavy atom. The zero-order valence-electron chi connectivity index (χ0n) is 11.2. The summed E-state index contributed by atoms with van der Waals surface area (Å²) < 4.78 is 0. The van der Waals surface area contributed by atoms with Gasteiger partial charge in [-0.05, 0) is 13.0 Å². The van der Waals surface area contributed by atoms with Crippen molar-refractivity contribution >= 4 is 11.8 Å². The van der Waals surface area contributed by atoms with Crippen LogP contribution in [0.1, 0.15) is 26.7 Å². The van der Waals surface area contributed by atoms with Crippen molar-refractivity contribution in [3.05, 3.63) is 0 Å². The van der Waals surface area contributed by atoms with E-state index in [1.807, 2.05) is 18.7 Å². The van der Waals surface area contributed by atoms with Crippen LogP contribution in [0.4, 0.5) is 0 Å². The van der Waals surface area contributed by atoms with E-state index in [1.165, 1.54) is 4.90 Å². The molecule has 0 aromatic rings. The lowest BCUT2D eigenvalue weighted by molar-refractivity contribution is -0.133. The van der Waals surface area contributed by atoms with Crippen molar-refractivity contribution in [3.63, 3.8) is 0 Å². The minimum Gasteiger partial charge on any atom is -0.348 e. The van der Waals surface area contributed by atoms with E-state index in [-0.39, 0.29) is 24.4 Å².